The lowest BCUT2D eigenvalue weighted by molar-refractivity contribution is 0.0409. The van der Waals surface area contributed by atoms with Crippen LogP contribution in [0.1, 0.15) is 30.1 Å². The zero-order valence-electron chi connectivity index (χ0n) is 13.2. The Balaban J connectivity index is 0.00000192. The van der Waals surface area contributed by atoms with E-state index in [2.05, 4.69) is 10.1 Å². The van der Waals surface area contributed by atoms with Gasteiger partial charge in [-0.1, -0.05) is 17.3 Å². The molecule has 0 atom stereocenters. The molecule has 1 aliphatic heterocycles. The molecule has 1 saturated heterocycles. The molecule has 6 nitrogen and oxygen atoms in total. The van der Waals surface area contributed by atoms with Crippen molar-refractivity contribution >= 4 is 12.4 Å². The molecule has 7 heteroatoms. The fraction of sp³-hybridized carbons (Fsp3) is 0.500. The number of benzene rings is 1. The van der Waals surface area contributed by atoms with Crippen molar-refractivity contribution in [2.24, 2.45) is 5.73 Å². The summed E-state index contributed by atoms with van der Waals surface area (Å²) in [6.07, 6.45) is 2.28. The first-order chi connectivity index (χ1) is 10.8. The first-order valence-electron chi connectivity index (χ1n) is 7.49. The molecule has 1 fully saturated rings. The maximum absolute atomic E-state index is 5.97. The van der Waals surface area contributed by atoms with E-state index in [0.717, 1.165) is 24.2 Å². The molecule has 0 saturated carbocycles. The molecule has 1 aliphatic rings. The van der Waals surface area contributed by atoms with E-state index < -0.39 is 0 Å². The fourth-order valence-electron chi connectivity index (χ4n) is 2.73. The van der Waals surface area contributed by atoms with Crippen LogP contribution in [0.2, 0.25) is 0 Å². The average Bonchev–Trinajstić information content (AvgIpc) is 3.05. The summed E-state index contributed by atoms with van der Waals surface area (Å²) >= 11 is 0. The van der Waals surface area contributed by atoms with Gasteiger partial charge < -0.3 is 19.7 Å². The molecule has 1 aromatic heterocycles. The smallest absolute Gasteiger partial charge is 0.234 e. The number of halogens is 1. The first-order valence-corrected chi connectivity index (χ1v) is 7.49. The van der Waals surface area contributed by atoms with Crippen molar-refractivity contribution < 1.29 is 14.0 Å². The lowest BCUT2D eigenvalue weighted by Gasteiger charge is -2.32. The summed E-state index contributed by atoms with van der Waals surface area (Å²) in [7, 11) is 1.65. The summed E-state index contributed by atoms with van der Waals surface area (Å²) in [5.74, 6) is 2.16. The highest BCUT2D eigenvalue weighted by Crippen LogP contribution is 2.32. The Morgan fingerprint density at radius 3 is 2.52 bits per heavy atom. The predicted molar refractivity (Wildman–Crippen MR) is 88.1 cm³/mol. The molecule has 0 spiro atoms. The summed E-state index contributed by atoms with van der Waals surface area (Å²) in [6.45, 7) is 1.88. The molecule has 126 valence electrons. The minimum atomic E-state index is -0.233. The van der Waals surface area contributed by atoms with Gasteiger partial charge in [0.15, 0.2) is 5.82 Å². The SMILES string of the molecule is COc1ccc(Cc2noc(C3(CN)CCOCC3)n2)cc1.Cl. The van der Waals surface area contributed by atoms with E-state index in [0.29, 0.717) is 37.9 Å². The van der Waals surface area contributed by atoms with E-state index in [1.807, 2.05) is 24.3 Å². The number of rotatable bonds is 5. The van der Waals surface area contributed by atoms with Gasteiger partial charge in [0.1, 0.15) is 5.75 Å². The number of nitrogens with two attached hydrogens (primary N) is 1. The summed E-state index contributed by atoms with van der Waals surface area (Å²) < 4.78 is 16.1. The third-order valence-electron chi connectivity index (χ3n) is 4.28. The Morgan fingerprint density at radius 1 is 1.22 bits per heavy atom. The maximum Gasteiger partial charge on any atom is 0.234 e. The van der Waals surface area contributed by atoms with Gasteiger partial charge in [0, 0.05) is 26.2 Å². The lowest BCUT2D eigenvalue weighted by atomic mass is 9.80. The summed E-state index contributed by atoms with van der Waals surface area (Å²) in [4.78, 5) is 4.57. The standard InChI is InChI=1S/C16H21N3O3.ClH/c1-20-13-4-2-12(3-5-13)10-14-18-15(22-19-14)16(11-17)6-8-21-9-7-16;/h2-5H,6-11,17H2,1H3;1H. The van der Waals surface area contributed by atoms with E-state index in [1.54, 1.807) is 7.11 Å². The molecule has 2 heterocycles. The van der Waals surface area contributed by atoms with Crippen LogP contribution in [0.15, 0.2) is 28.8 Å². The third kappa shape index (κ3) is 3.83. The fourth-order valence-corrected chi connectivity index (χ4v) is 2.73. The van der Waals surface area contributed by atoms with Gasteiger partial charge in [0.25, 0.3) is 0 Å². The molecular weight excluding hydrogens is 318 g/mol. The highest BCUT2D eigenvalue weighted by atomic mass is 35.5. The van der Waals surface area contributed by atoms with Crippen molar-refractivity contribution in [3.05, 3.63) is 41.5 Å². The number of aromatic nitrogens is 2. The first kappa shape index (κ1) is 17.7. The number of hydrogen-bond acceptors (Lipinski definition) is 6. The van der Waals surface area contributed by atoms with Crippen molar-refractivity contribution in [2.75, 3.05) is 26.9 Å². The van der Waals surface area contributed by atoms with E-state index in [4.69, 9.17) is 19.7 Å². The molecule has 23 heavy (non-hydrogen) atoms. The second-order valence-corrected chi connectivity index (χ2v) is 5.64. The molecule has 3 rings (SSSR count). The second-order valence-electron chi connectivity index (χ2n) is 5.64. The topological polar surface area (TPSA) is 83.4 Å². The highest BCUT2D eigenvalue weighted by Gasteiger charge is 2.38. The molecule has 0 bridgehead atoms. The Labute approximate surface area is 141 Å². The third-order valence-corrected chi connectivity index (χ3v) is 4.28. The zero-order chi connectivity index (χ0) is 15.4. The van der Waals surface area contributed by atoms with Crippen LogP contribution in [-0.2, 0) is 16.6 Å². The average molecular weight is 340 g/mol. The normalized spacial score (nSPS) is 16.6. The van der Waals surface area contributed by atoms with Gasteiger partial charge in [-0.15, -0.1) is 12.4 Å². The van der Waals surface area contributed by atoms with E-state index in [-0.39, 0.29) is 17.8 Å². The highest BCUT2D eigenvalue weighted by molar-refractivity contribution is 5.85. The monoisotopic (exact) mass is 339 g/mol. The summed E-state index contributed by atoms with van der Waals surface area (Å²) in [5.41, 5.74) is 6.85. The zero-order valence-corrected chi connectivity index (χ0v) is 14.0. The van der Waals surface area contributed by atoms with E-state index in [1.165, 1.54) is 0 Å². The minimum absolute atomic E-state index is 0. The van der Waals surface area contributed by atoms with Crippen LogP contribution in [0, 0.1) is 0 Å². The second kappa shape index (κ2) is 7.77. The van der Waals surface area contributed by atoms with Crippen LogP contribution >= 0.6 is 12.4 Å². The van der Waals surface area contributed by atoms with Crippen molar-refractivity contribution in [1.29, 1.82) is 0 Å². The van der Waals surface area contributed by atoms with Crippen LogP contribution in [-0.4, -0.2) is 37.0 Å². The van der Waals surface area contributed by atoms with Crippen LogP contribution in [0.4, 0.5) is 0 Å². The van der Waals surface area contributed by atoms with Crippen molar-refractivity contribution in [3.8, 4) is 5.75 Å². The summed E-state index contributed by atoms with van der Waals surface area (Å²) in [6, 6.07) is 7.86. The van der Waals surface area contributed by atoms with Crippen molar-refractivity contribution in [1.82, 2.24) is 10.1 Å². The molecular formula is C16H22ClN3O3. The van der Waals surface area contributed by atoms with Gasteiger partial charge >= 0.3 is 0 Å². The molecule has 0 unspecified atom stereocenters. The molecule has 0 radical (unpaired) electrons. The van der Waals surface area contributed by atoms with Crippen molar-refractivity contribution in [3.63, 3.8) is 0 Å². The van der Waals surface area contributed by atoms with Gasteiger partial charge in [0.2, 0.25) is 5.89 Å². The van der Waals surface area contributed by atoms with Crippen LogP contribution in [0.5, 0.6) is 5.75 Å². The van der Waals surface area contributed by atoms with Crippen LogP contribution in [0.3, 0.4) is 0 Å². The Bertz CT molecular complexity index is 609. The van der Waals surface area contributed by atoms with Crippen molar-refractivity contribution in [2.45, 2.75) is 24.7 Å². The Morgan fingerprint density at radius 2 is 1.91 bits per heavy atom. The molecule has 2 N–H and O–H groups in total. The number of hydrogen-bond donors (Lipinski definition) is 1. The van der Waals surface area contributed by atoms with Gasteiger partial charge in [-0.05, 0) is 30.5 Å². The Kier molecular flexibility index (Phi) is 5.98. The maximum atomic E-state index is 5.97. The van der Waals surface area contributed by atoms with Gasteiger partial charge in [-0.2, -0.15) is 4.98 Å². The minimum Gasteiger partial charge on any atom is -0.497 e. The quantitative estimate of drug-likeness (QED) is 0.898. The van der Waals surface area contributed by atoms with Crippen LogP contribution < -0.4 is 10.5 Å². The van der Waals surface area contributed by atoms with Gasteiger partial charge in [-0.3, -0.25) is 0 Å². The van der Waals surface area contributed by atoms with Crippen LogP contribution in [0.25, 0.3) is 0 Å². The van der Waals surface area contributed by atoms with Gasteiger partial charge in [0.05, 0.1) is 12.5 Å². The number of nitrogens with zero attached hydrogens (tertiary/aromatic N) is 2. The predicted octanol–water partition coefficient (Wildman–Crippen LogP) is 2.10. The largest absolute Gasteiger partial charge is 0.497 e. The number of methoxy groups -OCH3 is 1. The number of ether oxygens (including phenoxy) is 2. The lowest BCUT2D eigenvalue weighted by Crippen LogP contribution is -2.40. The van der Waals surface area contributed by atoms with E-state index in [9.17, 15) is 0 Å². The molecule has 0 amide bonds. The molecule has 0 aliphatic carbocycles. The molecule has 2 aromatic rings. The Hall–Kier alpha value is -1.63. The summed E-state index contributed by atoms with van der Waals surface area (Å²) in [5, 5.41) is 4.11. The van der Waals surface area contributed by atoms with E-state index >= 15 is 0 Å². The molecule has 1 aromatic carbocycles. The van der Waals surface area contributed by atoms with Gasteiger partial charge in [-0.25, -0.2) is 0 Å².